The molecule has 1 heterocycles. The SMILES string of the molecule is O=C(O)CSc1ccc([N+](=O)O)c2nonc12. The third-order valence-corrected chi connectivity index (χ3v) is 2.95. The molecule has 17 heavy (non-hydrogen) atoms. The van der Waals surface area contributed by atoms with E-state index in [4.69, 9.17) is 10.3 Å². The van der Waals surface area contributed by atoms with Gasteiger partial charge in [0.1, 0.15) is 0 Å². The van der Waals surface area contributed by atoms with E-state index in [1.807, 2.05) is 0 Å². The summed E-state index contributed by atoms with van der Waals surface area (Å²) in [6.07, 6.45) is 0. The first-order valence-electron chi connectivity index (χ1n) is 4.35. The monoisotopic (exact) mass is 256 g/mol. The first-order valence-corrected chi connectivity index (χ1v) is 5.34. The van der Waals surface area contributed by atoms with Crippen LogP contribution in [0, 0.1) is 4.91 Å². The van der Waals surface area contributed by atoms with Crippen LogP contribution in [0.5, 0.6) is 0 Å². The molecule has 0 fully saturated rings. The molecule has 0 unspecified atom stereocenters. The van der Waals surface area contributed by atoms with Gasteiger partial charge in [0.15, 0.2) is 5.52 Å². The van der Waals surface area contributed by atoms with Crippen LogP contribution in [0.2, 0.25) is 0 Å². The molecule has 0 radical (unpaired) electrons. The van der Waals surface area contributed by atoms with Gasteiger partial charge < -0.3 is 5.11 Å². The van der Waals surface area contributed by atoms with Gasteiger partial charge in [0.05, 0.1) is 10.7 Å². The molecule has 88 valence electrons. The van der Waals surface area contributed by atoms with Gasteiger partial charge >= 0.3 is 11.7 Å². The smallest absolute Gasteiger partial charge is 0.347 e. The van der Waals surface area contributed by atoms with Crippen LogP contribution >= 0.6 is 11.8 Å². The minimum atomic E-state index is -0.976. The Hall–Kier alpha value is -2.16. The fraction of sp³-hybridized carbons (Fsp3) is 0.125. The number of aliphatic carboxylic acids is 1. The van der Waals surface area contributed by atoms with Gasteiger partial charge in [0.25, 0.3) is 4.92 Å². The summed E-state index contributed by atoms with van der Waals surface area (Å²) in [7, 11) is 0. The molecule has 1 aromatic carbocycles. The largest absolute Gasteiger partial charge is 0.481 e. The molecule has 0 aliphatic carbocycles. The molecule has 0 saturated heterocycles. The zero-order valence-corrected chi connectivity index (χ0v) is 9.05. The molecule has 0 atom stereocenters. The number of nitrogens with zero attached hydrogens (tertiary/aromatic N) is 3. The minimum Gasteiger partial charge on any atom is -0.481 e. The van der Waals surface area contributed by atoms with Gasteiger partial charge in [-0.15, -0.1) is 11.8 Å². The Bertz CT molecular complexity index is 596. The summed E-state index contributed by atoms with van der Waals surface area (Å²) in [6.45, 7) is 0. The van der Waals surface area contributed by atoms with Crippen molar-refractivity contribution < 1.29 is 24.7 Å². The van der Waals surface area contributed by atoms with Crippen LogP contribution in [-0.4, -0.2) is 37.3 Å². The van der Waals surface area contributed by atoms with Crippen molar-refractivity contribution >= 4 is 34.5 Å². The van der Waals surface area contributed by atoms with E-state index >= 15 is 0 Å². The van der Waals surface area contributed by atoms with E-state index in [-0.39, 0.29) is 27.4 Å². The number of thioether (sulfide) groups is 1. The van der Waals surface area contributed by atoms with E-state index in [9.17, 15) is 9.70 Å². The van der Waals surface area contributed by atoms with Crippen molar-refractivity contribution in [3.05, 3.63) is 17.0 Å². The number of fused-ring (bicyclic) bond motifs is 1. The molecule has 8 nitrogen and oxygen atoms in total. The van der Waals surface area contributed by atoms with E-state index in [0.717, 1.165) is 11.8 Å². The molecule has 2 aromatic rings. The highest BCUT2D eigenvalue weighted by Crippen LogP contribution is 2.31. The molecule has 0 aliphatic rings. The topological polar surface area (TPSA) is 117 Å². The van der Waals surface area contributed by atoms with E-state index < -0.39 is 5.97 Å². The Labute approximate surface area is 97.7 Å². The van der Waals surface area contributed by atoms with E-state index in [0.29, 0.717) is 4.90 Å². The Morgan fingerprint density at radius 2 is 2.12 bits per heavy atom. The summed E-state index contributed by atoms with van der Waals surface area (Å²) in [5.74, 6) is -1.13. The van der Waals surface area contributed by atoms with Crippen LogP contribution in [0.25, 0.3) is 11.0 Å². The summed E-state index contributed by atoms with van der Waals surface area (Å²) < 4.78 is 4.47. The van der Waals surface area contributed by atoms with E-state index in [1.54, 1.807) is 0 Å². The maximum Gasteiger partial charge on any atom is 0.347 e. The highest BCUT2D eigenvalue weighted by atomic mass is 32.2. The Kier molecular flexibility index (Phi) is 2.91. The second-order valence-corrected chi connectivity index (χ2v) is 4.02. The molecule has 0 aliphatic heterocycles. The number of hydrogen-bond donors (Lipinski definition) is 2. The predicted molar refractivity (Wildman–Crippen MR) is 55.2 cm³/mol. The number of benzene rings is 1. The quantitative estimate of drug-likeness (QED) is 0.619. The van der Waals surface area contributed by atoms with Crippen molar-refractivity contribution in [1.29, 1.82) is 0 Å². The number of carbonyl (C=O) groups is 1. The molecule has 1 aromatic heterocycles. The van der Waals surface area contributed by atoms with Gasteiger partial charge in [0, 0.05) is 11.0 Å². The lowest BCUT2D eigenvalue weighted by Crippen LogP contribution is -1.98. The average Bonchev–Trinajstić information content (AvgIpc) is 2.73. The summed E-state index contributed by atoms with van der Waals surface area (Å²) in [6, 6.07) is 2.78. The number of rotatable bonds is 4. The number of aromatic nitrogens is 2. The van der Waals surface area contributed by atoms with Crippen LogP contribution in [0.3, 0.4) is 0 Å². The molecule has 0 spiro atoms. The maximum absolute atomic E-state index is 10.8. The van der Waals surface area contributed by atoms with Crippen molar-refractivity contribution in [3.63, 3.8) is 0 Å². The summed E-state index contributed by atoms with van der Waals surface area (Å²) in [5, 5.41) is 24.4. The van der Waals surface area contributed by atoms with Crippen LogP contribution in [0.15, 0.2) is 21.7 Å². The van der Waals surface area contributed by atoms with Crippen molar-refractivity contribution in [3.8, 4) is 0 Å². The van der Waals surface area contributed by atoms with E-state index in [1.165, 1.54) is 12.1 Å². The van der Waals surface area contributed by atoms with Crippen molar-refractivity contribution in [2.24, 2.45) is 0 Å². The summed E-state index contributed by atoms with van der Waals surface area (Å²) in [4.78, 5) is 21.4. The normalized spacial score (nSPS) is 10.6. The van der Waals surface area contributed by atoms with Crippen molar-refractivity contribution in [2.45, 2.75) is 4.90 Å². The van der Waals surface area contributed by atoms with Gasteiger partial charge in [-0.1, -0.05) is 0 Å². The number of carboxylic acids is 1. The zero-order valence-electron chi connectivity index (χ0n) is 8.23. The zero-order chi connectivity index (χ0) is 12.4. The van der Waals surface area contributed by atoms with Gasteiger partial charge in [-0.3, -0.25) is 4.79 Å². The molecular formula is C8H6N3O5S+. The number of carboxylic acid groups (broad SMARTS) is 1. The molecule has 9 heteroatoms. The Morgan fingerprint density at radius 3 is 2.76 bits per heavy atom. The lowest BCUT2D eigenvalue weighted by Gasteiger charge is -1.97. The van der Waals surface area contributed by atoms with Gasteiger partial charge in [-0.2, -0.15) is 0 Å². The first kappa shape index (κ1) is 11.3. The Morgan fingerprint density at radius 1 is 1.41 bits per heavy atom. The standard InChI is InChI=1S/C8H5N3O5S/c12-6(13)3-17-5-2-1-4(11(14)15)7-8(5)10-16-9-7/h1-2H,3H2,(H-,12,13,14,15)/p+1. The number of hydrogen-bond acceptors (Lipinski definition) is 6. The lowest BCUT2D eigenvalue weighted by atomic mass is 10.3. The predicted octanol–water partition coefficient (Wildman–Crippen LogP) is 1.20. The fourth-order valence-electron chi connectivity index (χ4n) is 1.24. The highest BCUT2D eigenvalue weighted by molar-refractivity contribution is 8.00. The van der Waals surface area contributed by atoms with Crippen LogP contribution < -0.4 is 0 Å². The second-order valence-electron chi connectivity index (χ2n) is 3.00. The van der Waals surface area contributed by atoms with Crippen molar-refractivity contribution in [2.75, 3.05) is 5.75 Å². The molecule has 0 amide bonds. The third kappa shape index (κ3) is 2.18. The fourth-order valence-corrected chi connectivity index (χ4v) is 1.96. The molecule has 2 rings (SSSR count). The lowest BCUT2D eigenvalue weighted by molar-refractivity contribution is -0.728. The molecular weight excluding hydrogens is 250 g/mol. The average molecular weight is 256 g/mol. The maximum atomic E-state index is 10.8. The van der Waals surface area contributed by atoms with Gasteiger partial charge in [-0.05, 0) is 16.4 Å². The van der Waals surface area contributed by atoms with Crippen molar-refractivity contribution in [1.82, 2.24) is 10.3 Å². The second kappa shape index (κ2) is 4.37. The highest BCUT2D eigenvalue weighted by Gasteiger charge is 2.23. The van der Waals surface area contributed by atoms with Crippen LogP contribution in [-0.2, 0) is 4.79 Å². The molecule has 2 N–H and O–H groups in total. The van der Waals surface area contributed by atoms with Crippen LogP contribution in [0.4, 0.5) is 5.69 Å². The van der Waals surface area contributed by atoms with Gasteiger partial charge in [0.2, 0.25) is 5.52 Å². The van der Waals surface area contributed by atoms with Crippen LogP contribution in [0.1, 0.15) is 0 Å². The first-order chi connectivity index (χ1) is 8.09. The minimum absolute atomic E-state index is 0.0814. The summed E-state index contributed by atoms with van der Waals surface area (Å²) in [5.41, 5.74) is 0.211. The van der Waals surface area contributed by atoms with Gasteiger partial charge in [-0.25, -0.2) is 9.84 Å². The van der Waals surface area contributed by atoms with E-state index in [2.05, 4.69) is 14.9 Å². The Balaban J connectivity index is 2.46. The third-order valence-electron chi connectivity index (χ3n) is 1.91. The molecule has 0 bridgehead atoms. The molecule has 0 saturated carbocycles. The summed E-state index contributed by atoms with van der Waals surface area (Å²) >= 11 is 1.02.